The molecule has 0 spiro atoms. The molecule has 10 heteroatoms. The summed E-state index contributed by atoms with van der Waals surface area (Å²) in [7, 11) is 0. The van der Waals surface area contributed by atoms with Crippen LogP contribution < -0.4 is 14.5 Å². The quantitative estimate of drug-likeness (QED) is 0.480. The van der Waals surface area contributed by atoms with Crippen molar-refractivity contribution in [2.24, 2.45) is 5.41 Å². The second-order valence-electron chi connectivity index (χ2n) is 8.92. The SMILES string of the molecule is N#CC1(COc2cncc(-c3cc([AsH][C@H]4CC[C@H](NCCF)CC4)ncc3Cl)n2)CCOCC1. The number of halogens is 2. The number of alkyl halides is 1. The van der Waals surface area contributed by atoms with Gasteiger partial charge in [-0.15, -0.1) is 0 Å². The van der Waals surface area contributed by atoms with Crippen LogP contribution in [0.15, 0.2) is 24.7 Å². The zero-order valence-corrected chi connectivity index (χ0v) is 22.0. The number of hydrogen-bond acceptors (Lipinski definition) is 7. The van der Waals surface area contributed by atoms with Crippen molar-refractivity contribution in [3.05, 3.63) is 29.7 Å². The first-order chi connectivity index (χ1) is 16.6. The van der Waals surface area contributed by atoms with Crippen LogP contribution in [0, 0.1) is 16.7 Å². The van der Waals surface area contributed by atoms with Gasteiger partial charge in [-0.2, -0.15) is 0 Å². The molecular weight excluding hydrogens is 520 g/mol. The fourth-order valence-corrected chi connectivity index (χ4v) is 7.59. The van der Waals surface area contributed by atoms with Crippen molar-refractivity contribution in [3.8, 4) is 23.2 Å². The van der Waals surface area contributed by atoms with Gasteiger partial charge in [-0.3, -0.25) is 0 Å². The first-order valence-corrected chi connectivity index (χ1v) is 14.4. The molecule has 2 aromatic rings. The molecule has 0 bridgehead atoms. The van der Waals surface area contributed by atoms with E-state index in [1.807, 2.05) is 6.07 Å². The molecule has 1 atom stereocenters. The van der Waals surface area contributed by atoms with Crippen molar-refractivity contribution >= 4 is 31.8 Å². The van der Waals surface area contributed by atoms with E-state index in [-0.39, 0.29) is 13.3 Å². The van der Waals surface area contributed by atoms with Gasteiger partial charge in [0.25, 0.3) is 0 Å². The van der Waals surface area contributed by atoms with Crippen molar-refractivity contribution < 1.29 is 13.9 Å². The van der Waals surface area contributed by atoms with Crippen molar-refractivity contribution in [1.82, 2.24) is 20.3 Å². The van der Waals surface area contributed by atoms with E-state index in [2.05, 4.69) is 26.3 Å². The van der Waals surface area contributed by atoms with Crippen LogP contribution in [-0.2, 0) is 4.74 Å². The Bertz CT molecular complexity index is 994. The van der Waals surface area contributed by atoms with Gasteiger partial charge < -0.3 is 0 Å². The molecule has 1 N–H and O–H groups in total. The number of pyridine rings is 1. The number of ether oxygens (including phenoxy) is 2. The van der Waals surface area contributed by atoms with E-state index in [4.69, 9.17) is 21.1 Å². The predicted molar refractivity (Wildman–Crippen MR) is 131 cm³/mol. The zero-order valence-electron chi connectivity index (χ0n) is 19.1. The van der Waals surface area contributed by atoms with Crippen LogP contribution in [0.4, 0.5) is 4.39 Å². The number of nitriles is 1. The van der Waals surface area contributed by atoms with E-state index in [1.54, 1.807) is 18.6 Å². The summed E-state index contributed by atoms with van der Waals surface area (Å²) in [5.74, 6) is 0.378. The van der Waals surface area contributed by atoms with Gasteiger partial charge in [0.15, 0.2) is 0 Å². The molecule has 1 unspecified atom stereocenters. The molecule has 34 heavy (non-hydrogen) atoms. The monoisotopic (exact) mass is 549 g/mol. The summed E-state index contributed by atoms with van der Waals surface area (Å²) in [6.07, 6.45) is 10.7. The Morgan fingerprint density at radius 2 is 2.03 bits per heavy atom. The van der Waals surface area contributed by atoms with Gasteiger partial charge in [0.05, 0.1) is 0 Å². The summed E-state index contributed by atoms with van der Waals surface area (Å²) >= 11 is 6.05. The number of hydrogen-bond donors (Lipinski definition) is 1. The molecule has 4 rings (SSSR count). The summed E-state index contributed by atoms with van der Waals surface area (Å²) in [6.45, 7) is 1.53. The maximum absolute atomic E-state index is 12.4. The number of aromatic nitrogens is 3. The van der Waals surface area contributed by atoms with Crippen molar-refractivity contribution in [3.63, 3.8) is 0 Å². The van der Waals surface area contributed by atoms with Crippen molar-refractivity contribution in [2.45, 2.75) is 49.3 Å². The van der Waals surface area contributed by atoms with E-state index in [0.717, 1.165) is 35.7 Å². The fraction of sp³-hybridized carbons (Fsp3) is 0.583. The van der Waals surface area contributed by atoms with E-state index >= 15 is 0 Å². The molecule has 0 aromatic carbocycles. The Morgan fingerprint density at radius 3 is 2.76 bits per heavy atom. The molecule has 2 aromatic heterocycles. The van der Waals surface area contributed by atoms with Crippen LogP contribution in [0.1, 0.15) is 38.5 Å². The summed E-state index contributed by atoms with van der Waals surface area (Å²) in [5, 5.41) is 13.5. The fourth-order valence-electron chi connectivity index (χ4n) is 4.43. The molecule has 1 saturated carbocycles. The van der Waals surface area contributed by atoms with Crippen LogP contribution in [0.5, 0.6) is 5.88 Å². The van der Waals surface area contributed by atoms with Crippen LogP contribution in [-0.4, -0.2) is 69.8 Å². The molecule has 2 aliphatic rings. The van der Waals surface area contributed by atoms with E-state index in [1.165, 1.54) is 0 Å². The number of nitrogens with zero attached hydrogens (tertiary/aromatic N) is 4. The molecule has 2 fully saturated rings. The average Bonchev–Trinajstić information content (AvgIpc) is 2.89. The Labute approximate surface area is 211 Å². The third-order valence-corrected chi connectivity index (χ3v) is 10.1. The molecule has 7 nitrogen and oxygen atoms in total. The minimum absolute atomic E-state index is 0.259. The molecule has 3 heterocycles. The number of rotatable bonds is 9. The van der Waals surface area contributed by atoms with Crippen LogP contribution >= 0.6 is 11.6 Å². The zero-order chi connectivity index (χ0) is 23.8. The van der Waals surface area contributed by atoms with Crippen LogP contribution in [0.3, 0.4) is 0 Å². The normalized spacial score (nSPS) is 22.5. The van der Waals surface area contributed by atoms with Gasteiger partial charge in [0.1, 0.15) is 0 Å². The summed E-state index contributed by atoms with van der Waals surface area (Å²) in [4.78, 5) is 13.5. The number of nitrogens with one attached hydrogen (secondary N) is 1. The molecular formula is C24H30AsClFN5O2. The molecule has 0 radical (unpaired) electrons. The van der Waals surface area contributed by atoms with Gasteiger partial charge in [0.2, 0.25) is 0 Å². The molecule has 0 amide bonds. The van der Waals surface area contributed by atoms with Gasteiger partial charge in [-0.25, -0.2) is 0 Å². The molecule has 1 aliphatic carbocycles. The van der Waals surface area contributed by atoms with Crippen molar-refractivity contribution in [2.75, 3.05) is 33.0 Å². The van der Waals surface area contributed by atoms with Crippen LogP contribution in [0.25, 0.3) is 11.3 Å². The van der Waals surface area contributed by atoms with Crippen LogP contribution in [0.2, 0.25) is 9.73 Å². The predicted octanol–water partition coefficient (Wildman–Crippen LogP) is 3.24. The van der Waals surface area contributed by atoms with Gasteiger partial charge >= 0.3 is 212 Å². The summed E-state index contributed by atoms with van der Waals surface area (Å²) in [6, 6.07) is 4.88. The summed E-state index contributed by atoms with van der Waals surface area (Å²) in [5.41, 5.74) is 0.880. The Hall–Kier alpha value is -1.78. The first-order valence-electron chi connectivity index (χ1n) is 11.8. The Morgan fingerprint density at radius 1 is 1.24 bits per heavy atom. The first kappa shape index (κ1) is 25.3. The van der Waals surface area contributed by atoms with E-state index < -0.39 is 21.2 Å². The Balaban J connectivity index is 1.40. The van der Waals surface area contributed by atoms with Gasteiger partial charge in [-0.1, -0.05) is 0 Å². The molecule has 1 saturated heterocycles. The maximum atomic E-state index is 12.4. The standard InChI is InChI=1S/C24H30AsClFN5O2/c26-20-12-31-22(25-17-1-3-18(4-2-17)30-8-7-27)11-19(20)21-13-29-14-23(32-21)34-16-24(15-28)5-9-33-10-6-24/h11-14,17-18,25,30H,1-10,16H2/t17-,18-. The van der Waals surface area contributed by atoms with Gasteiger partial charge in [-0.05, 0) is 0 Å². The minimum atomic E-state index is -0.553. The van der Waals surface area contributed by atoms with Crippen molar-refractivity contribution in [1.29, 1.82) is 5.26 Å². The molecule has 182 valence electrons. The third kappa shape index (κ3) is 6.66. The summed E-state index contributed by atoms with van der Waals surface area (Å²) < 4.78 is 25.5. The van der Waals surface area contributed by atoms with E-state index in [0.29, 0.717) is 59.9 Å². The second kappa shape index (κ2) is 12.3. The average molecular weight is 550 g/mol. The third-order valence-electron chi connectivity index (χ3n) is 6.53. The second-order valence-corrected chi connectivity index (χ2v) is 12.7. The van der Waals surface area contributed by atoms with Gasteiger partial charge in [0, 0.05) is 0 Å². The van der Waals surface area contributed by atoms with E-state index in [9.17, 15) is 9.65 Å². The topological polar surface area (TPSA) is 93.0 Å². The Kier molecular flexibility index (Phi) is 9.13. The molecule has 1 aliphatic heterocycles.